The summed E-state index contributed by atoms with van der Waals surface area (Å²) in [6.45, 7) is 9.91. The van der Waals surface area contributed by atoms with Crippen molar-refractivity contribution in [3.05, 3.63) is 137 Å². The molecule has 8 rings (SSSR count). The van der Waals surface area contributed by atoms with Gasteiger partial charge in [-0.2, -0.15) is 0 Å². The van der Waals surface area contributed by atoms with Gasteiger partial charge in [0.25, 0.3) is 5.91 Å². The number of ether oxygens (including phenoxy) is 1. The van der Waals surface area contributed by atoms with Crippen molar-refractivity contribution >= 4 is 40.7 Å². The van der Waals surface area contributed by atoms with E-state index in [2.05, 4.69) is 56.7 Å². The van der Waals surface area contributed by atoms with E-state index in [9.17, 15) is 24.3 Å². The lowest BCUT2D eigenvalue weighted by atomic mass is 9.85. The van der Waals surface area contributed by atoms with Gasteiger partial charge in [0, 0.05) is 69.7 Å². The minimum Gasteiger partial charge on any atom is -0.494 e. The Bertz CT molecular complexity index is 3080. The lowest BCUT2D eigenvalue weighted by Crippen LogP contribution is -2.57. The first-order chi connectivity index (χ1) is 37.2. The summed E-state index contributed by atoms with van der Waals surface area (Å²) in [6, 6.07) is 23.0. The molecular formula is C56H68N14O6S. The highest BCUT2D eigenvalue weighted by Gasteiger charge is 2.44. The van der Waals surface area contributed by atoms with E-state index in [0.717, 1.165) is 70.2 Å². The van der Waals surface area contributed by atoms with E-state index in [-0.39, 0.29) is 49.6 Å². The highest BCUT2D eigenvalue weighted by molar-refractivity contribution is 7.13. The number of aliphatic hydroxyl groups is 1. The molecule has 3 aromatic carbocycles. The first kappa shape index (κ1) is 55.3. The number of nitrogens with zero attached hydrogens (tertiary/aromatic N) is 10. The smallest absolute Gasteiger partial charge is 0.251 e. The van der Waals surface area contributed by atoms with E-state index in [1.807, 2.05) is 116 Å². The molecule has 20 nitrogen and oxygen atoms in total. The molecule has 0 unspecified atom stereocenters. The molecule has 4 aromatic heterocycles. The number of benzene rings is 3. The molecule has 0 saturated carbocycles. The minimum atomic E-state index is -0.891. The van der Waals surface area contributed by atoms with Crippen LogP contribution in [0.1, 0.15) is 104 Å². The average Bonchev–Trinajstić information content (AvgIpc) is 4.26. The van der Waals surface area contributed by atoms with Crippen molar-refractivity contribution in [1.82, 2.24) is 65.6 Å². The molecule has 5 heterocycles. The van der Waals surface area contributed by atoms with Crippen molar-refractivity contribution in [2.75, 3.05) is 18.5 Å². The number of nitrogens with one attached hydrogen (secondary N) is 4. The third kappa shape index (κ3) is 15.4. The molecule has 1 saturated heterocycles. The van der Waals surface area contributed by atoms with Crippen molar-refractivity contribution < 1.29 is 29.0 Å². The third-order valence-corrected chi connectivity index (χ3v) is 14.4. The van der Waals surface area contributed by atoms with E-state index < -0.39 is 23.6 Å². The molecule has 1 aliphatic rings. The van der Waals surface area contributed by atoms with E-state index in [1.54, 1.807) is 35.7 Å². The van der Waals surface area contributed by atoms with Crippen LogP contribution < -0.4 is 26.0 Å². The SMILES string of the molecule is Cc1ncsc1-c1ccc(CNC(=O)[C@@H]2C[C@@H](O)CN2C(=O)[C@@H](NC(=O)CCCCc2cn(CCCCCOc3cccc(CNC(=O)c4cccc(NCc5nnc(-c6ccncn6)n5C)c4)c3)nn2)C(C)(C)C)cc1. The number of anilines is 1. The second-order valence-electron chi connectivity index (χ2n) is 20.4. The zero-order valence-corrected chi connectivity index (χ0v) is 45.1. The van der Waals surface area contributed by atoms with E-state index in [0.29, 0.717) is 61.9 Å². The number of β-amino-alcohol motifs (C(OH)–C–C–N with tert-alkyl or cyclic N) is 1. The Morgan fingerprint density at radius 3 is 2.47 bits per heavy atom. The van der Waals surface area contributed by atoms with Crippen molar-refractivity contribution in [2.24, 2.45) is 12.5 Å². The zero-order chi connectivity index (χ0) is 54.3. The first-order valence-corrected chi connectivity index (χ1v) is 27.0. The fourth-order valence-electron chi connectivity index (χ4n) is 9.05. The lowest BCUT2D eigenvalue weighted by Gasteiger charge is -2.35. The molecule has 0 spiro atoms. The summed E-state index contributed by atoms with van der Waals surface area (Å²) < 4.78 is 9.77. The van der Waals surface area contributed by atoms with Crippen LogP contribution in [0.3, 0.4) is 0 Å². The molecule has 5 N–H and O–H groups in total. The molecule has 3 atom stereocenters. The van der Waals surface area contributed by atoms with Crippen LogP contribution in [-0.4, -0.2) is 110 Å². The van der Waals surface area contributed by atoms with Gasteiger partial charge < -0.3 is 40.6 Å². The van der Waals surface area contributed by atoms with Gasteiger partial charge in [-0.1, -0.05) is 68.4 Å². The van der Waals surface area contributed by atoms with Crippen molar-refractivity contribution in [1.29, 1.82) is 0 Å². The van der Waals surface area contributed by atoms with Crippen molar-refractivity contribution in [3.8, 4) is 27.7 Å². The predicted molar refractivity (Wildman–Crippen MR) is 292 cm³/mol. The Labute approximate surface area is 452 Å². The normalized spacial score (nSPS) is 14.8. The zero-order valence-electron chi connectivity index (χ0n) is 44.3. The summed E-state index contributed by atoms with van der Waals surface area (Å²) in [6.07, 6.45) is 9.23. The number of aryl methyl sites for hydroxylation is 3. The molecule has 0 radical (unpaired) electrons. The van der Waals surface area contributed by atoms with Crippen LogP contribution in [0.2, 0.25) is 0 Å². The van der Waals surface area contributed by atoms with Crippen molar-refractivity contribution in [2.45, 2.75) is 123 Å². The van der Waals surface area contributed by atoms with Crippen LogP contribution in [0, 0.1) is 12.3 Å². The van der Waals surface area contributed by atoms with Gasteiger partial charge in [-0.15, -0.1) is 26.6 Å². The number of aromatic nitrogens is 9. The van der Waals surface area contributed by atoms with Crippen LogP contribution in [0.4, 0.5) is 5.69 Å². The Morgan fingerprint density at radius 2 is 1.69 bits per heavy atom. The first-order valence-electron chi connectivity index (χ1n) is 26.1. The van der Waals surface area contributed by atoms with Gasteiger partial charge in [-0.25, -0.2) is 15.0 Å². The van der Waals surface area contributed by atoms with Crippen LogP contribution >= 0.6 is 11.3 Å². The Kier molecular flexibility index (Phi) is 18.8. The van der Waals surface area contributed by atoms with E-state index in [4.69, 9.17) is 4.74 Å². The third-order valence-electron chi connectivity index (χ3n) is 13.4. The standard InChI is InChI=1S/C56H68N14O6S/c1-37-50(77-36-62-37)40-21-19-38(20-22-40)30-60-54(74)47-29-44(71)34-70(47)55(75)51(56(2,3)4)63-49(72)18-8-7-15-43-33-69(67-64-43)25-9-6-10-26-76-45-17-11-13-39(27-45)31-59-53(73)41-14-12-16-42(28-41)58-32-48-65-66-52(68(48)5)46-23-24-57-35-61-46/h11-14,16-17,19-24,27-28,33,35-36,44,47,51,58,71H,6-10,15,18,25-26,29-32,34H2,1-5H3,(H,59,73)(H,60,74)(H,63,72)/t44-,47+,51-/m1/s1. The van der Waals surface area contributed by atoms with Crippen LogP contribution in [-0.2, 0) is 54.0 Å². The molecule has 1 fully saturated rings. The maximum Gasteiger partial charge on any atom is 0.251 e. The van der Waals surface area contributed by atoms with Gasteiger partial charge in [0.2, 0.25) is 17.7 Å². The van der Waals surface area contributed by atoms with E-state index in [1.165, 1.54) is 11.2 Å². The second kappa shape index (κ2) is 26.2. The Morgan fingerprint density at radius 1 is 0.870 bits per heavy atom. The maximum absolute atomic E-state index is 14.1. The van der Waals surface area contributed by atoms with E-state index >= 15 is 0 Å². The number of amides is 4. The summed E-state index contributed by atoms with van der Waals surface area (Å²) >= 11 is 1.58. The topological polar surface area (TPSA) is 249 Å². The number of unbranched alkanes of at least 4 members (excludes halogenated alkanes) is 3. The monoisotopic (exact) mass is 1060 g/mol. The van der Waals surface area contributed by atoms with Crippen molar-refractivity contribution in [3.63, 3.8) is 0 Å². The number of hydrogen-bond donors (Lipinski definition) is 5. The number of carbonyl (C=O) groups excluding carboxylic acids is 4. The van der Waals surface area contributed by atoms with Gasteiger partial charge >= 0.3 is 0 Å². The molecule has 21 heteroatoms. The van der Waals surface area contributed by atoms with Gasteiger partial charge in [0.15, 0.2) is 11.6 Å². The van der Waals surface area contributed by atoms with Crippen LogP contribution in [0.15, 0.2) is 103 Å². The number of aliphatic hydroxyl groups excluding tert-OH is 1. The average molecular weight is 1070 g/mol. The minimum absolute atomic E-state index is 0.0119. The largest absolute Gasteiger partial charge is 0.494 e. The Balaban J connectivity index is 0.693. The lowest BCUT2D eigenvalue weighted by molar-refractivity contribution is -0.144. The summed E-state index contributed by atoms with van der Waals surface area (Å²) in [4.78, 5) is 69.0. The Hall–Kier alpha value is -7.91. The van der Waals surface area contributed by atoms with Gasteiger partial charge in [-0.05, 0) is 104 Å². The molecule has 0 aliphatic carbocycles. The molecule has 0 bridgehead atoms. The predicted octanol–water partition coefficient (Wildman–Crippen LogP) is 6.61. The summed E-state index contributed by atoms with van der Waals surface area (Å²) in [5, 5.41) is 40.1. The highest BCUT2D eigenvalue weighted by atomic mass is 32.1. The molecule has 7 aromatic rings. The number of likely N-dealkylation sites (tertiary alicyclic amines) is 1. The maximum atomic E-state index is 14.1. The summed E-state index contributed by atoms with van der Waals surface area (Å²) in [7, 11) is 1.88. The van der Waals surface area contributed by atoms with Gasteiger partial charge in [0.05, 0.1) is 41.0 Å². The number of hydrogen-bond acceptors (Lipinski definition) is 15. The molecule has 404 valence electrons. The van der Waals surface area contributed by atoms with Gasteiger partial charge in [0.1, 0.15) is 29.9 Å². The van der Waals surface area contributed by atoms with Crippen LogP contribution in [0.25, 0.3) is 22.0 Å². The quantitative estimate of drug-likeness (QED) is 0.0378. The van der Waals surface area contributed by atoms with Gasteiger partial charge in [-0.3, -0.25) is 23.9 Å². The second-order valence-corrected chi connectivity index (χ2v) is 21.2. The number of rotatable bonds is 25. The number of thiazole rings is 1. The molecule has 77 heavy (non-hydrogen) atoms. The molecular weight excluding hydrogens is 997 g/mol. The highest BCUT2D eigenvalue weighted by Crippen LogP contribution is 2.29. The summed E-state index contributed by atoms with van der Waals surface area (Å²) in [5.41, 5.74) is 7.86. The fraction of sp³-hybridized carbons (Fsp3) is 0.411. The fourth-order valence-corrected chi connectivity index (χ4v) is 9.86. The molecule has 1 aliphatic heterocycles. The molecule has 4 amide bonds. The van der Waals surface area contributed by atoms with Crippen LogP contribution in [0.5, 0.6) is 5.75 Å². The summed E-state index contributed by atoms with van der Waals surface area (Å²) in [5.74, 6) is 0.915. The number of carbonyl (C=O) groups is 4.